The van der Waals surface area contributed by atoms with Crippen molar-refractivity contribution >= 4 is 17.5 Å². The Kier molecular flexibility index (Phi) is 3.53. The van der Waals surface area contributed by atoms with Crippen molar-refractivity contribution in [2.45, 2.75) is 25.9 Å². The van der Waals surface area contributed by atoms with Gasteiger partial charge in [-0.05, 0) is 25.5 Å². The van der Waals surface area contributed by atoms with Crippen molar-refractivity contribution in [3.63, 3.8) is 0 Å². The first kappa shape index (κ1) is 13.5. The second kappa shape index (κ2) is 4.97. The second-order valence-electron chi connectivity index (χ2n) is 4.68. The fourth-order valence-corrected chi connectivity index (χ4v) is 2.19. The average molecular weight is 265 g/mol. The van der Waals surface area contributed by atoms with E-state index in [9.17, 15) is 14.0 Å². The molecule has 0 bridgehead atoms. The third-order valence-corrected chi connectivity index (χ3v) is 3.22. The van der Waals surface area contributed by atoms with Crippen LogP contribution in [0.5, 0.6) is 0 Å². The van der Waals surface area contributed by atoms with Gasteiger partial charge in [-0.15, -0.1) is 0 Å². The van der Waals surface area contributed by atoms with E-state index in [1.165, 1.54) is 11.0 Å². The normalized spacial score (nSPS) is 21.3. The molecule has 5 nitrogen and oxygen atoms in total. The zero-order valence-corrected chi connectivity index (χ0v) is 10.8. The molecule has 1 fully saturated rings. The van der Waals surface area contributed by atoms with Crippen LogP contribution < -0.4 is 16.0 Å². The molecule has 1 aliphatic rings. The number of hydrogen-bond donors (Lipinski definition) is 2. The van der Waals surface area contributed by atoms with Crippen LogP contribution in [0.3, 0.4) is 0 Å². The smallest absolute Gasteiger partial charge is 0.249 e. The third kappa shape index (κ3) is 2.44. The number of imide groups is 1. The zero-order chi connectivity index (χ0) is 14.2. The van der Waals surface area contributed by atoms with Gasteiger partial charge in [0.1, 0.15) is 11.9 Å². The Hall–Kier alpha value is -1.95. The monoisotopic (exact) mass is 265 g/mol. The minimum atomic E-state index is -0.618. The molecule has 1 heterocycles. The van der Waals surface area contributed by atoms with E-state index in [0.29, 0.717) is 5.56 Å². The number of nitrogens with one attached hydrogen (secondary N) is 1. The predicted octanol–water partition coefficient (Wildman–Crippen LogP) is 0.697. The summed E-state index contributed by atoms with van der Waals surface area (Å²) in [7, 11) is 0. The molecule has 0 saturated carbocycles. The molecule has 1 aromatic carbocycles. The van der Waals surface area contributed by atoms with Crippen LogP contribution in [0, 0.1) is 5.82 Å². The van der Waals surface area contributed by atoms with E-state index in [1.807, 2.05) is 0 Å². The molecule has 2 rings (SSSR count). The second-order valence-corrected chi connectivity index (χ2v) is 4.68. The van der Waals surface area contributed by atoms with E-state index < -0.39 is 29.7 Å². The Morgan fingerprint density at radius 3 is 2.79 bits per heavy atom. The Balaban J connectivity index is 2.51. The molecule has 0 aliphatic carbocycles. The minimum absolute atomic E-state index is 0.0619. The lowest BCUT2D eigenvalue weighted by Gasteiger charge is -2.35. The van der Waals surface area contributed by atoms with Gasteiger partial charge in [0.25, 0.3) is 0 Å². The summed E-state index contributed by atoms with van der Waals surface area (Å²) in [6.07, 6.45) is 0. The molecule has 3 N–H and O–H groups in total. The fourth-order valence-electron chi connectivity index (χ4n) is 2.19. The van der Waals surface area contributed by atoms with Crippen molar-refractivity contribution in [1.29, 1.82) is 0 Å². The van der Waals surface area contributed by atoms with Crippen LogP contribution in [0.25, 0.3) is 0 Å². The van der Waals surface area contributed by atoms with Crippen LogP contribution in [0.2, 0.25) is 0 Å². The van der Waals surface area contributed by atoms with Crippen molar-refractivity contribution in [3.05, 3.63) is 29.6 Å². The van der Waals surface area contributed by atoms with Crippen LogP contribution in [-0.2, 0) is 9.59 Å². The highest BCUT2D eigenvalue weighted by molar-refractivity contribution is 6.04. The average Bonchev–Trinajstić information content (AvgIpc) is 2.33. The summed E-state index contributed by atoms with van der Waals surface area (Å²) < 4.78 is 14.1. The summed E-state index contributed by atoms with van der Waals surface area (Å²) in [6.45, 7) is 3.29. The van der Waals surface area contributed by atoms with Gasteiger partial charge in [0.2, 0.25) is 11.8 Å². The van der Waals surface area contributed by atoms with E-state index in [0.717, 1.165) is 0 Å². The Labute approximate surface area is 110 Å². The molecule has 1 aliphatic heterocycles. The van der Waals surface area contributed by atoms with Gasteiger partial charge in [0, 0.05) is 6.04 Å². The number of piperazine rings is 1. The number of rotatable bonds is 2. The molecule has 1 aromatic rings. The van der Waals surface area contributed by atoms with Crippen molar-refractivity contribution in [1.82, 2.24) is 5.32 Å². The molecular formula is C13H16FN3O2. The summed E-state index contributed by atoms with van der Waals surface area (Å²) in [5.41, 5.74) is 6.63. The Bertz CT molecular complexity index is 531. The minimum Gasteiger partial charge on any atom is -0.348 e. The first-order valence-electron chi connectivity index (χ1n) is 6.06. The van der Waals surface area contributed by atoms with Crippen molar-refractivity contribution in [3.8, 4) is 0 Å². The molecule has 2 amide bonds. The summed E-state index contributed by atoms with van der Waals surface area (Å²) in [6, 6.07) is 3.55. The number of para-hydroxylation sites is 1. The highest BCUT2D eigenvalue weighted by Gasteiger charge is 2.33. The third-order valence-electron chi connectivity index (χ3n) is 3.22. The largest absolute Gasteiger partial charge is 0.348 e. The summed E-state index contributed by atoms with van der Waals surface area (Å²) >= 11 is 0. The number of nitrogens with zero attached hydrogens (tertiary/aromatic N) is 1. The number of amides is 2. The maximum Gasteiger partial charge on any atom is 0.249 e. The topological polar surface area (TPSA) is 75.4 Å². The predicted molar refractivity (Wildman–Crippen MR) is 69.0 cm³/mol. The van der Waals surface area contributed by atoms with Crippen LogP contribution in [-0.4, -0.2) is 24.4 Å². The first-order chi connectivity index (χ1) is 8.91. The van der Waals surface area contributed by atoms with Gasteiger partial charge < -0.3 is 10.6 Å². The maximum atomic E-state index is 14.1. The summed E-state index contributed by atoms with van der Waals surface area (Å²) in [5, 5.41) is 2.22. The molecule has 19 heavy (non-hydrogen) atoms. The molecule has 6 heteroatoms. The molecule has 0 aromatic heterocycles. The summed E-state index contributed by atoms with van der Waals surface area (Å²) in [4.78, 5) is 24.6. The number of benzene rings is 1. The van der Waals surface area contributed by atoms with Crippen molar-refractivity contribution < 1.29 is 14.0 Å². The molecule has 0 radical (unpaired) electrons. The van der Waals surface area contributed by atoms with Crippen LogP contribution in [0.15, 0.2) is 18.2 Å². The maximum absolute atomic E-state index is 14.1. The molecule has 2 unspecified atom stereocenters. The quantitative estimate of drug-likeness (QED) is 0.772. The number of hydrogen-bond acceptors (Lipinski definition) is 4. The Morgan fingerprint density at radius 2 is 2.16 bits per heavy atom. The van der Waals surface area contributed by atoms with E-state index in [4.69, 9.17) is 5.73 Å². The molecule has 2 atom stereocenters. The van der Waals surface area contributed by atoms with Crippen LogP contribution >= 0.6 is 0 Å². The van der Waals surface area contributed by atoms with E-state index in [-0.39, 0.29) is 12.2 Å². The fraction of sp³-hybridized carbons (Fsp3) is 0.385. The standard InChI is InChI=1S/C13H16FN3O2/c1-7(15)9-4-3-5-10(14)12(9)17-6-11(18)16-13(19)8(17)2/h3-5,7-8H,6,15H2,1-2H3,(H,16,18,19). The number of carbonyl (C=O) groups is 2. The zero-order valence-electron chi connectivity index (χ0n) is 10.8. The van der Waals surface area contributed by atoms with Gasteiger partial charge >= 0.3 is 0 Å². The van der Waals surface area contributed by atoms with Gasteiger partial charge in [-0.25, -0.2) is 4.39 Å². The van der Waals surface area contributed by atoms with E-state index in [2.05, 4.69) is 5.32 Å². The lowest BCUT2D eigenvalue weighted by molar-refractivity contribution is -0.132. The number of halogens is 1. The summed E-state index contributed by atoms with van der Waals surface area (Å²) in [5.74, 6) is -1.36. The molecule has 102 valence electrons. The van der Waals surface area contributed by atoms with Gasteiger partial charge in [-0.2, -0.15) is 0 Å². The molecule has 0 spiro atoms. The van der Waals surface area contributed by atoms with E-state index >= 15 is 0 Å². The van der Waals surface area contributed by atoms with Gasteiger partial charge in [-0.3, -0.25) is 14.9 Å². The SMILES string of the molecule is CC(N)c1cccc(F)c1N1CC(=O)NC(=O)C1C. The highest BCUT2D eigenvalue weighted by atomic mass is 19.1. The van der Waals surface area contributed by atoms with Gasteiger partial charge in [0.15, 0.2) is 0 Å². The highest BCUT2D eigenvalue weighted by Crippen LogP contribution is 2.30. The van der Waals surface area contributed by atoms with E-state index in [1.54, 1.807) is 26.0 Å². The Morgan fingerprint density at radius 1 is 1.47 bits per heavy atom. The lowest BCUT2D eigenvalue weighted by atomic mass is 10.0. The molecule has 1 saturated heterocycles. The molecular weight excluding hydrogens is 249 g/mol. The van der Waals surface area contributed by atoms with Crippen LogP contribution in [0.4, 0.5) is 10.1 Å². The van der Waals surface area contributed by atoms with Crippen molar-refractivity contribution in [2.75, 3.05) is 11.4 Å². The van der Waals surface area contributed by atoms with Crippen LogP contribution in [0.1, 0.15) is 25.5 Å². The first-order valence-corrected chi connectivity index (χ1v) is 6.06. The number of carbonyl (C=O) groups excluding carboxylic acids is 2. The van der Waals surface area contributed by atoms with Crippen molar-refractivity contribution in [2.24, 2.45) is 5.73 Å². The number of anilines is 1. The van der Waals surface area contributed by atoms with Gasteiger partial charge in [-0.1, -0.05) is 12.1 Å². The lowest BCUT2D eigenvalue weighted by Crippen LogP contribution is -2.57. The number of nitrogens with two attached hydrogens (primary N) is 1. The van der Waals surface area contributed by atoms with Gasteiger partial charge in [0.05, 0.1) is 12.2 Å².